The van der Waals surface area contributed by atoms with Crippen molar-refractivity contribution in [3.63, 3.8) is 0 Å². The SMILES string of the molecule is CN(c1cccc(C(=O)NCCCN2CCCCC2)c1)S(=O)(=O)c1ccccc1. The molecule has 1 amide bonds. The first-order chi connectivity index (χ1) is 14.0. The van der Waals surface area contributed by atoms with Crippen molar-refractivity contribution < 1.29 is 13.2 Å². The van der Waals surface area contributed by atoms with E-state index in [0.717, 1.165) is 26.1 Å². The van der Waals surface area contributed by atoms with E-state index in [9.17, 15) is 13.2 Å². The minimum absolute atomic E-state index is 0.184. The van der Waals surface area contributed by atoms with Crippen molar-refractivity contribution in [1.29, 1.82) is 0 Å². The molecule has 1 aliphatic rings. The summed E-state index contributed by atoms with van der Waals surface area (Å²) in [5, 5.41) is 2.94. The largest absolute Gasteiger partial charge is 0.352 e. The number of nitrogens with zero attached hydrogens (tertiary/aromatic N) is 2. The second kappa shape index (κ2) is 9.89. The number of piperidine rings is 1. The molecule has 1 heterocycles. The Hall–Kier alpha value is -2.38. The highest BCUT2D eigenvalue weighted by Crippen LogP contribution is 2.22. The number of likely N-dealkylation sites (tertiary alicyclic amines) is 1. The molecule has 0 aromatic heterocycles. The van der Waals surface area contributed by atoms with Gasteiger partial charge >= 0.3 is 0 Å². The van der Waals surface area contributed by atoms with E-state index in [1.165, 1.54) is 30.6 Å². The zero-order valence-electron chi connectivity index (χ0n) is 16.9. The lowest BCUT2D eigenvalue weighted by atomic mass is 10.1. The second-order valence-corrected chi connectivity index (χ2v) is 9.32. The normalized spacial score (nSPS) is 15.1. The van der Waals surface area contributed by atoms with E-state index in [-0.39, 0.29) is 10.8 Å². The Bertz CT molecular complexity index is 910. The number of amides is 1. The molecular formula is C22H29N3O3S. The van der Waals surface area contributed by atoms with Crippen LogP contribution in [0.15, 0.2) is 59.5 Å². The molecule has 6 nitrogen and oxygen atoms in total. The number of benzene rings is 2. The monoisotopic (exact) mass is 415 g/mol. The van der Waals surface area contributed by atoms with Gasteiger partial charge in [-0.3, -0.25) is 9.10 Å². The van der Waals surface area contributed by atoms with Crippen molar-refractivity contribution in [2.75, 3.05) is 37.5 Å². The Labute approximate surface area is 173 Å². The van der Waals surface area contributed by atoms with Crippen molar-refractivity contribution in [1.82, 2.24) is 10.2 Å². The topological polar surface area (TPSA) is 69.7 Å². The summed E-state index contributed by atoms with van der Waals surface area (Å²) < 4.78 is 26.8. The van der Waals surface area contributed by atoms with Gasteiger partial charge in [0.25, 0.3) is 15.9 Å². The maximum atomic E-state index is 12.8. The molecule has 0 spiro atoms. The summed E-state index contributed by atoms with van der Waals surface area (Å²) in [7, 11) is -2.17. The van der Waals surface area contributed by atoms with Gasteiger partial charge in [0.1, 0.15) is 0 Å². The summed E-state index contributed by atoms with van der Waals surface area (Å²) in [4.78, 5) is 15.2. The van der Waals surface area contributed by atoms with Gasteiger partial charge in [0.15, 0.2) is 0 Å². The van der Waals surface area contributed by atoms with Gasteiger partial charge in [-0.05, 0) is 69.2 Å². The van der Waals surface area contributed by atoms with Gasteiger partial charge in [-0.2, -0.15) is 0 Å². The molecule has 0 unspecified atom stereocenters. The molecule has 3 rings (SSSR count). The van der Waals surface area contributed by atoms with Crippen molar-refractivity contribution in [2.45, 2.75) is 30.6 Å². The lowest BCUT2D eigenvalue weighted by Crippen LogP contribution is -2.33. The number of sulfonamides is 1. The summed E-state index contributed by atoms with van der Waals surface area (Å²) in [6, 6.07) is 15.0. The first-order valence-corrected chi connectivity index (χ1v) is 11.6. The van der Waals surface area contributed by atoms with E-state index in [1.54, 1.807) is 54.6 Å². The van der Waals surface area contributed by atoms with Crippen LogP contribution < -0.4 is 9.62 Å². The number of hydrogen-bond acceptors (Lipinski definition) is 4. The van der Waals surface area contributed by atoms with Crippen LogP contribution in [-0.2, 0) is 10.0 Å². The average Bonchev–Trinajstić information content (AvgIpc) is 2.77. The third-order valence-electron chi connectivity index (χ3n) is 5.26. The van der Waals surface area contributed by atoms with Crippen molar-refractivity contribution in [2.24, 2.45) is 0 Å². The molecule has 1 aliphatic heterocycles. The molecule has 156 valence electrons. The molecule has 1 fully saturated rings. The zero-order valence-corrected chi connectivity index (χ0v) is 17.7. The minimum Gasteiger partial charge on any atom is -0.352 e. The predicted octanol–water partition coefficient (Wildman–Crippen LogP) is 3.12. The third kappa shape index (κ3) is 5.58. The molecule has 1 N–H and O–H groups in total. The highest BCUT2D eigenvalue weighted by atomic mass is 32.2. The molecule has 0 aliphatic carbocycles. The van der Waals surface area contributed by atoms with Crippen LogP contribution >= 0.6 is 0 Å². The maximum Gasteiger partial charge on any atom is 0.264 e. The highest BCUT2D eigenvalue weighted by molar-refractivity contribution is 7.92. The number of carbonyl (C=O) groups excluding carboxylic acids is 1. The van der Waals surface area contributed by atoms with Gasteiger partial charge in [0, 0.05) is 19.2 Å². The van der Waals surface area contributed by atoms with Gasteiger partial charge < -0.3 is 10.2 Å². The lowest BCUT2D eigenvalue weighted by Gasteiger charge is -2.26. The Balaban J connectivity index is 1.59. The molecule has 0 atom stereocenters. The van der Waals surface area contributed by atoms with Crippen LogP contribution in [0.4, 0.5) is 5.69 Å². The van der Waals surface area contributed by atoms with Gasteiger partial charge in [-0.1, -0.05) is 30.7 Å². The van der Waals surface area contributed by atoms with E-state index < -0.39 is 10.0 Å². The zero-order chi connectivity index (χ0) is 20.7. The maximum absolute atomic E-state index is 12.8. The number of anilines is 1. The van der Waals surface area contributed by atoms with Crippen LogP contribution in [0.5, 0.6) is 0 Å². The molecule has 1 saturated heterocycles. The van der Waals surface area contributed by atoms with Crippen molar-refractivity contribution in [3.05, 3.63) is 60.2 Å². The number of rotatable bonds is 8. The molecule has 2 aromatic rings. The molecule has 0 bridgehead atoms. The fraction of sp³-hybridized carbons (Fsp3) is 0.409. The molecule has 2 aromatic carbocycles. The number of carbonyl (C=O) groups is 1. The summed E-state index contributed by atoms with van der Waals surface area (Å²) >= 11 is 0. The van der Waals surface area contributed by atoms with Gasteiger partial charge in [0.2, 0.25) is 0 Å². The van der Waals surface area contributed by atoms with Crippen LogP contribution in [-0.4, -0.2) is 52.5 Å². The van der Waals surface area contributed by atoms with Gasteiger partial charge in [-0.15, -0.1) is 0 Å². The van der Waals surface area contributed by atoms with Crippen LogP contribution in [0.3, 0.4) is 0 Å². The fourth-order valence-electron chi connectivity index (χ4n) is 3.52. The Morgan fingerprint density at radius 2 is 1.76 bits per heavy atom. The summed E-state index contributed by atoms with van der Waals surface area (Å²) in [5.74, 6) is -0.184. The summed E-state index contributed by atoms with van der Waals surface area (Å²) in [5.41, 5.74) is 0.908. The first-order valence-electron chi connectivity index (χ1n) is 10.1. The molecule has 0 saturated carbocycles. The number of hydrogen-bond donors (Lipinski definition) is 1. The van der Waals surface area contributed by atoms with E-state index >= 15 is 0 Å². The molecule has 29 heavy (non-hydrogen) atoms. The van der Waals surface area contributed by atoms with E-state index in [0.29, 0.717) is 17.8 Å². The predicted molar refractivity (Wildman–Crippen MR) is 116 cm³/mol. The van der Waals surface area contributed by atoms with E-state index in [1.807, 2.05) is 0 Å². The molecule has 0 radical (unpaired) electrons. The van der Waals surface area contributed by atoms with Gasteiger partial charge in [0.05, 0.1) is 10.6 Å². The van der Waals surface area contributed by atoms with Crippen molar-refractivity contribution >= 4 is 21.6 Å². The standard InChI is InChI=1S/C22H29N3O3S/c1-24(29(27,28)21-12-4-2-5-13-21)20-11-8-10-19(18-20)22(26)23-14-9-17-25-15-6-3-7-16-25/h2,4-5,8,10-13,18H,3,6-7,9,14-17H2,1H3,(H,23,26). The molecular weight excluding hydrogens is 386 g/mol. The first kappa shape index (κ1) is 21.3. The third-order valence-corrected chi connectivity index (χ3v) is 7.06. The lowest BCUT2D eigenvalue weighted by molar-refractivity contribution is 0.0951. The quantitative estimate of drug-likeness (QED) is 0.673. The van der Waals surface area contributed by atoms with Crippen LogP contribution in [0.25, 0.3) is 0 Å². The summed E-state index contributed by atoms with van der Waals surface area (Å²) in [6.45, 7) is 3.91. The minimum atomic E-state index is -3.67. The van der Waals surface area contributed by atoms with Crippen LogP contribution in [0.2, 0.25) is 0 Å². The molecule has 7 heteroatoms. The van der Waals surface area contributed by atoms with E-state index in [2.05, 4.69) is 10.2 Å². The van der Waals surface area contributed by atoms with Crippen LogP contribution in [0, 0.1) is 0 Å². The van der Waals surface area contributed by atoms with Crippen LogP contribution in [0.1, 0.15) is 36.0 Å². The summed E-state index contributed by atoms with van der Waals surface area (Å²) in [6.07, 6.45) is 4.75. The number of nitrogens with one attached hydrogen (secondary N) is 1. The van der Waals surface area contributed by atoms with Crippen molar-refractivity contribution in [3.8, 4) is 0 Å². The smallest absolute Gasteiger partial charge is 0.264 e. The Morgan fingerprint density at radius 3 is 2.48 bits per heavy atom. The van der Waals surface area contributed by atoms with E-state index in [4.69, 9.17) is 0 Å². The highest BCUT2D eigenvalue weighted by Gasteiger charge is 2.21. The fourth-order valence-corrected chi connectivity index (χ4v) is 4.73. The van der Waals surface area contributed by atoms with Gasteiger partial charge in [-0.25, -0.2) is 8.42 Å². The average molecular weight is 416 g/mol. The Kier molecular flexibility index (Phi) is 7.28. The Morgan fingerprint density at radius 1 is 1.03 bits per heavy atom. The second-order valence-electron chi connectivity index (χ2n) is 7.35.